The predicted octanol–water partition coefficient (Wildman–Crippen LogP) is 4.40. The Morgan fingerprint density at radius 1 is 1.35 bits per heavy atom. The predicted molar refractivity (Wildman–Crippen MR) is 117 cm³/mol. The van der Waals surface area contributed by atoms with Crippen molar-refractivity contribution < 1.29 is 18.8 Å². The number of benzene rings is 1. The van der Waals surface area contributed by atoms with E-state index >= 15 is 0 Å². The monoisotopic (exact) mass is 447 g/mol. The zero-order valence-corrected chi connectivity index (χ0v) is 18.9. The van der Waals surface area contributed by atoms with Crippen molar-refractivity contribution in [3.05, 3.63) is 41.2 Å². The fourth-order valence-corrected chi connectivity index (χ4v) is 2.96. The lowest BCUT2D eigenvalue weighted by Crippen LogP contribution is -2.40. The summed E-state index contributed by atoms with van der Waals surface area (Å²) in [6, 6.07) is 6.50. The van der Waals surface area contributed by atoms with Gasteiger partial charge in [0.25, 0.3) is 5.88 Å². The van der Waals surface area contributed by atoms with Crippen LogP contribution >= 0.6 is 11.6 Å². The quantitative estimate of drug-likeness (QED) is 0.574. The summed E-state index contributed by atoms with van der Waals surface area (Å²) in [4.78, 5) is 12.2. The molecule has 3 N–H and O–H groups in total. The maximum atomic E-state index is 12.2. The van der Waals surface area contributed by atoms with E-state index in [1.54, 1.807) is 43.0 Å². The molecule has 1 amide bonds. The number of rotatable bonds is 6. The van der Waals surface area contributed by atoms with E-state index in [2.05, 4.69) is 36.3 Å². The second-order valence-electron chi connectivity index (χ2n) is 8.25. The van der Waals surface area contributed by atoms with Gasteiger partial charge in [0.15, 0.2) is 0 Å². The summed E-state index contributed by atoms with van der Waals surface area (Å²) in [6.45, 7) is 8.16. The molecule has 2 aromatic heterocycles. The maximum Gasteiger partial charge on any atom is 0.418 e. The third-order valence-electron chi connectivity index (χ3n) is 4.71. The highest BCUT2D eigenvalue weighted by atomic mass is 35.5. The van der Waals surface area contributed by atoms with E-state index in [-0.39, 0.29) is 17.3 Å². The summed E-state index contributed by atoms with van der Waals surface area (Å²) >= 11 is 6.36. The van der Waals surface area contributed by atoms with Gasteiger partial charge in [0.05, 0.1) is 16.9 Å². The fourth-order valence-electron chi connectivity index (χ4n) is 2.69. The fraction of sp³-hybridized carbons (Fsp3) is 0.381. The van der Waals surface area contributed by atoms with Crippen LogP contribution in [-0.4, -0.2) is 33.7 Å². The molecule has 31 heavy (non-hydrogen) atoms. The molecule has 3 rings (SSSR count). The second-order valence-corrected chi connectivity index (χ2v) is 8.66. The van der Waals surface area contributed by atoms with Crippen molar-refractivity contribution >= 4 is 23.4 Å². The highest BCUT2D eigenvalue weighted by Gasteiger charge is 2.23. The number of nitrogens with one attached hydrogen (secondary N) is 1. The summed E-state index contributed by atoms with van der Waals surface area (Å²) in [5.74, 6) is 1.17. The Hall–Kier alpha value is -3.04. The number of hydrogen-bond donors (Lipinski definition) is 2. The summed E-state index contributed by atoms with van der Waals surface area (Å²) in [5, 5.41) is 10.9. The first-order valence-electron chi connectivity index (χ1n) is 9.67. The molecule has 0 aliphatic carbocycles. The first-order valence-corrected chi connectivity index (χ1v) is 10.0. The highest BCUT2D eigenvalue weighted by Crippen LogP contribution is 2.37. The molecule has 0 aliphatic rings. The number of carbonyl (C=O) groups is 1. The molecule has 166 valence electrons. The number of carbonyl (C=O) groups excluding carboxylic acids is 1. The van der Waals surface area contributed by atoms with Gasteiger partial charge in [-0.3, -0.25) is 10.00 Å². The SMILES string of the molecule is Cc1cc(OC(=O)Nc2ccc(OC[C@@H](N)C(C)(C)C)c(-c3c(Cl)cnn3C)c2)no1. The molecule has 1 aromatic carbocycles. The van der Waals surface area contributed by atoms with Crippen LogP contribution in [0, 0.1) is 12.3 Å². The zero-order chi connectivity index (χ0) is 22.8. The first-order chi connectivity index (χ1) is 14.5. The number of aromatic nitrogens is 3. The third kappa shape index (κ3) is 5.56. The van der Waals surface area contributed by atoms with Gasteiger partial charge in [-0.25, -0.2) is 4.79 Å². The van der Waals surface area contributed by atoms with Crippen molar-refractivity contribution in [2.24, 2.45) is 18.2 Å². The third-order valence-corrected chi connectivity index (χ3v) is 4.99. The highest BCUT2D eigenvalue weighted by molar-refractivity contribution is 6.33. The first kappa shape index (κ1) is 22.6. The number of nitrogens with two attached hydrogens (primary N) is 1. The summed E-state index contributed by atoms with van der Waals surface area (Å²) in [7, 11) is 1.77. The Morgan fingerprint density at radius 2 is 2.10 bits per heavy atom. The minimum Gasteiger partial charge on any atom is -0.491 e. The van der Waals surface area contributed by atoms with Gasteiger partial charge in [-0.2, -0.15) is 5.10 Å². The molecule has 0 unspecified atom stereocenters. The van der Waals surface area contributed by atoms with E-state index in [0.717, 1.165) is 0 Å². The zero-order valence-electron chi connectivity index (χ0n) is 18.1. The summed E-state index contributed by atoms with van der Waals surface area (Å²) < 4.78 is 17.7. The van der Waals surface area contributed by atoms with Gasteiger partial charge in [-0.1, -0.05) is 32.4 Å². The Kier molecular flexibility index (Phi) is 6.56. The van der Waals surface area contributed by atoms with Gasteiger partial charge >= 0.3 is 6.09 Å². The minimum absolute atomic E-state index is 0.0704. The Morgan fingerprint density at radius 3 is 2.68 bits per heavy atom. The Bertz CT molecular complexity index is 1050. The van der Waals surface area contributed by atoms with Crippen molar-refractivity contribution in [2.75, 3.05) is 11.9 Å². The van der Waals surface area contributed by atoms with E-state index in [9.17, 15) is 4.79 Å². The molecule has 0 fully saturated rings. The number of nitrogens with zero attached hydrogens (tertiary/aromatic N) is 3. The molecule has 9 nitrogen and oxygen atoms in total. The van der Waals surface area contributed by atoms with Crippen LogP contribution in [0.3, 0.4) is 0 Å². The van der Waals surface area contributed by atoms with Gasteiger partial charge in [-0.05, 0) is 35.7 Å². The van der Waals surface area contributed by atoms with Gasteiger partial charge in [0, 0.05) is 30.4 Å². The number of ether oxygens (including phenoxy) is 2. The maximum absolute atomic E-state index is 12.2. The molecule has 0 aliphatic heterocycles. The van der Waals surface area contributed by atoms with Crippen LogP contribution < -0.4 is 20.5 Å². The molecule has 0 saturated carbocycles. The molecule has 10 heteroatoms. The lowest BCUT2D eigenvalue weighted by atomic mass is 9.88. The van der Waals surface area contributed by atoms with E-state index in [0.29, 0.717) is 40.1 Å². The second kappa shape index (κ2) is 8.99. The van der Waals surface area contributed by atoms with Gasteiger partial charge < -0.3 is 19.7 Å². The Balaban J connectivity index is 1.85. The molecule has 1 atom stereocenters. The van der Waals surface area contributed by atoms with Crippen molar-refractivity contribution in [1.82, 2.24) is 14.9 Å². The number of anilines is 1. The Labute approximate surface area is 185 Å². The number of halogens is 1. The number of amides is 1. The average molecular weight is 448 g/mol. The molecule has 3 aromatic rings. The molecule has 0 saturated heterocycles. The molecule has 0 radical (unpaired) electrons. The topological polar surface area (TPSA) is 117 Å². The van der Waals surface area contributed by atoms with E-state index in [1.807, 2.05) is 0 Å². The molecule has 0 spiro atoms. The average Bonchev–Trinajstić information content (AvgIpc) is 3.23. The van der Waals surface area contributed by atoms with Crippen LogP contribution in [0.15, 0.2) is 35.0 Å². The lowest BCUT2D eigenvalue weighted by molar-refractivity contribution is 0.206. The number of hydrogen-bond acceptors (Lipinski definition) is 7. The molecular formula is C21H26ClN5O4. The normalized spacial score (nSPS) is 12.5. The van der Waals surface area contributed by atoms with E-state index in [1.165, 1.54) is 6.07 Å². The summed E-state index contributed by atoms with van der Waals surface area (Å²) in [6.07, 6.45) is 0.835. The minimum atomic E-state index is -0.709. The largest absolute Gasteiger partial charge is 0.491 e. The molecule has 2 heterocycles. The van der Waals surface area contributed by atoms with Crippen LogP contribution in [0.25, 0.3) is 11.3 Å². The van der Waals surface area contributed by atoms with Gasteiger partial charge in [0.1, 0.15) is 18.1 Å². The van der Waals surface area contributed by atoms with Gasteiger partial charge in [0.2, 0.25) is 0 Å². The van der Waals surface area contributed by atoms with Crippen molar-refractivity contribution in [2.45, 2.75) is 33.7 Å². The lowest BCUT2D eigenvalue weighted by Gasteiger charge is -2.27. The summed E-state index contributed by atoms with van der Waals surface area (Å²) in [5.41, 5.74) is 7.90. The van der Waals surface area contributed by atoms with Crippen molar-refractivity contribution in [1.29, 1.82) is 0 Å². The van der Waals surface area contributed by atoms with E-state index in [4.69, 9.17) is 31.3 Å². The smallest absolute Gasteiger partial charge is 0.418 e. The van der Waals surface area contributed by atoms with Crippen LogP contribution in [0.1, 0.15) is 26.5 Å². The molecule has 0 bridgehead atoms. The van der Waals surface area contributed by atoms with Crippen LogP contribution in [-0.2, 0) is 7.05 Å². The van der Waals surface area contributed by atoms with Crippen LogP contribution in [0.2, 0.25) is 5.02 Å². The standard InChI is InChI=1S/C21H26ClN5O4/c1-12-8-18(26-31-12)30-20(28)25-13-6-7-16(29-11-17(23)21(2,3)4)14(9-13)19-15(22)10-24-27(19)5/h6-10,17H,11,23H2,1-5H3,(H,25,28)/t17-/m1/s1. The van der Waals surface area contributed by atoms with Crippen molar-refractivity contribution in [3.63, 3.8) is 0 Å². The van der Waals surface area contributed by atoms with Crippen molar-refractivity contribution in [3.8, 4) is 22.9 Å². The van der Waals surface area contributed by atoms with Crippen LogP contribution in [0.5, 0.6) is 11.6 Å². The number of aryl methyl sites for hydroxylation is 2. The molecular weight excluding hydrogens is 422 g/mol. The van der Waals surface area contributed by atoms with Gasteiger partial charge in [-0.15, -0.1) is 0 Å². The van der Waals surface area contributed by atoms with E-state index < -0.39 is 6.09 Å². The van der Waals surface area contributed by atoms with Crippen LogP contribution in [0.4, 0.5) is 10.5 Å².